The standard InChI is InChI=1S/C10H14N4.H3N/c1-3-4-5-14-8-9(6-11)13(2)10(14)7-12;/h8,10H,3-5H2,1-2H3;1H3. The molecule has 0 fully saturated rings. The van der Waals surface area contributed by atoms with Gasteiger partial charge in [-0.05, 0) is 6.42 Å². The Morgan fingerprint density at radius 2 is 2.13 bits per heavy atom. The van der Waals surface area contributed by atoms with Crippen LogP contribution >= 0.6 is 0 Å². The van der Waals surface area contributed by atoms with Gasteiger partial charge in [-0.25, -0.2) is 0 Å². The second-order valence-corrected chi connectivity index (χ2v) is 3.33. The molecule has 5 nitrogen and oxygen atoms in total. The first kappa shape index (κ1) is 13.3. The maximum absolute atomic E-state index is 8.94. The van der Waals surface area contributed by atoms with Crippen molar-refractivity contribution in [2.24, 2.45) is 0 Å². The lowest BCUT2D eigenvalue weighted by molar-refractivity contribution is 0.223. The van der Waals surface area contributed by atoms with Gasteiger partial charge in [0, 0.05) is 19.8 Å². The van der Waals surface area contributed by atoms with Crippen LogP contribution in [-0.4, -0.2) is 29.6 Å². The van der Waals surface area contributed by atoms with E-state index in [1.54, 1.807) is 18.1 Å². The van der Waals surface area contributed by atoms with E-state index in [2.05, 4.69) is 19.1 Å². The maximum Gasteiger partial charge on any atom is 0.192 e. The molecule has 0 aliphatic carbocycles. The highest BCUT2D eigenvalue weighted by Crippen LogP contribution is 2.19. The van der Waals surface area contributed by atoms with Crippen LogP contribution in [0.3, 0.4) is 0 Å². The summed E-state index contributed by atoms with van der Waals surface area (Å²) >= 11 is 0. The van der Waals surface area contributed by atoms with Crippen molar-refractivity contribution in [3.8, 4) is 12.1 Å². The molecule has 0 saturated heterocycles. The largest absolute Gasteiger partial charge is 0.344 e. The molecule has 0 saturated carbocycles. The number of rotatable bonds is 3. The molecule has 0 radical (unpaired) electrons. The Labute approximate surface area is 90.8 Å². The van der Waals surface area contributed by atoms with Gasteiger partial charge in [-0.1, -0.05) is 13.3 Å². The molecule has 1 rings (SSSR count). The van der Waals surface area contributed by atoms with Crippen molar-refractivity contribution in [1.82, 2.24) is 16.0 Å². The predicted octanol–water partition coefficient (Wildman–Crippen LogP) is 1.41. The van der Waals surface area contributed by atoms with Crippen molar-refractivity contribution in [2.45, 2.75) is 25.9 Å². The van der Waals surface area contributed by atoms with Crippen LogP contribution < -0.4 is 6.15 Å². The third-order valence-corrected chi connectivity index (χ3v) is 2.35. The molecular weight excluding hydrogens is 190 g/mol. The number of hydrogen-bond acceptors (Lipinski definition) is 5. The van der Waals surface area contributed by atoms with Gasteiger partial charge in [0.1, 0.15) is 17.8 Å². The van der Waals surface area contributed by atoms with Crippen LogP contribution in [0.15, 0.2) is 11.9 Å². The number of nitrogens with zero attached hydrogens (tertiary/aromatic N) is 4. The van der Waals surface area contributed by atoms with E-state index in [1.165, 1.54) is 0 Å². The topological polar surface area (TPSA) is 89.1 Å². The van der Waals surface area contributed by atoms with Crippen LogP contribution in [0.4, 0.5) is 0 Å². The Hall–Kier alpha value is -1.72. The minimum absolute atomic E-state index is 0. The molecule has 1 heterocycles. The van der Waals surface area contributed by atoms with E-state index in [0.717, 1.165) is 19.4 Å². The average molecular weight is 207 g/mol. The van der Waals surface area contributed by atoms with E-state index in [4.69, 9.17) is 10.5 Å². The monoisotopic (exact) mass is 207 g/mol. The molecule has 1 aliphatic heterocycles. The second kappa shape index (κ2) is 5.90. The summed E-state index contributed by atoms with van der Waals surface area (Å²) in [5.41, 5.74) is 0.563. The molecule has 0 aromatic rings. The van der Waals surface area contributed by atoms with Crippen LogP contribution in [0.2, 0.25) is 0 Å². The Morgan fingerprint density at radius 1 is 1.47 bits per heavy atom. The lowest BCUT2D eigenvalue weighted by Crippen LogP contribution is -2.36. The van der Waals surface area contributed by atoms with Crippen molar-refractivity contribution in [2.75, 3.05) is 13.6 Å². The van der Waals surface area contributed by atoms with Crippen molar-refractivity contribution in [1.29, 1.82) is 10.5 Å². The van der Waals surface area contributed by atoms with E-state index in [1.807, 2.05) is 4.90 Å². The molecule has 82 valence electrons. The van der Waals surface area contributed by atoms with Crippen molar-refractivity contribution >= 4 is 0 Å². The number of hydrogen-bond donors (Lipinski definition) is 1. The lowest BCUT2D eigenvalue weighted by Gasteiger charge is -2.24. The Morgan fingerprint density at radius 3 is 2.60 bits per heavy atom. The molecule has 0 amide bonds. The van der Waals surface area contributed by atoms with E-state index in [9.17, 15) is 0 Å². The Kier molecular flexibility index (Phi) is 5.22. The normalized spacial score (nSPS) is 18.9. The smallest absolute Gasteiger partial charge is 0.192 e. The molecule has 1 atom stereocenters. The van der Waals surface area contributed by atoms with Gasteiger partial charge >= 0.3 is 0 Å². The SMILES string of the molecule is CCCCN1C=C(C#N)N(C)C1C#N.N. The van der Waals surface area contributed by atoms with E-state index in [0.29, 0.717) is 5.70 Å². The van der Waals surface area contributed by atoms with Crippen LogP contribution in [0.1, 0.15) is 19.8 Å². The van der Waals surface area contributed by atoms with Gasteiger partial charge in [-0.2, -0.15) is 10.5 Å². The van der Waals surface area contributed by atoms with Gasteiger partial charge < -0.3 is 16.0 Å². The first-order chi connectivity index (χ1) is 6.74. The molecular formula is C10H17N5. The summed E-state index contributed by atoms with van der Waals surface area (Å²) in [5, 5.41) is 17.7. The zero-order valence-electron chi connectivity index (χ0n) is 9.27. The Balaban J connectivity index is 0.00000196. The summed E-state index contributed by atoms with van der Waals surface area (Å²) in [5.74, 6) is 0. The van der Waals surface area contributed by atoms with E-state index >= 15 is 0 Å². The molecule has 0 spiro atoms. The third-order valence-electron chi connectivity index (χ3n) is 2.35. The minimum Gasteiger partial charge on any atom is -0.344 e. The summed E-state index contributed by atoms with van der Waals surface area (Å²) in [6.45, 7) is 2.94. The summed E-state index contributed by atoms with van der Waals surface area (Å²) < 4.78 is 0. The minimum atomic E-state index is -0.309. The van der Waals surface area contributed by atoms with Gasteiger partial charge in [0.25, 0.3) is 0 Å². The molecule has 0 bridgehead atoms. The summed E-state index contributed by atoms with van der Waals surface area (Å²) in [4.78, 5) is 3.62. The highest BCUT2D eigenvalue weighted by molar-refractivity contribution is 5.26. The summed E-state index contributed by atoms with van der Waals surface area (Å²) in [6.07, 6.45) is 3.59. The fraction of sp³-hybridized carbons (Fsp3) is 0.600. The fourth-order valence-electron chi connectivity index (χ4n) is 1.47. The predicted molar refractivity (Wildman–Crippen MR) is 57.5 cm³/mol. The average Bonchev–Trinajstić information content (AvgIpc) is 2.51. The highest BCUT2D eigenvalue weighted by Gasteiger charge is 2.28. The van der Waals surface area contributed by atoms with Crippen LogP contribution in [0.5, 0.6) is 0 Å². The zero-order valence-corrected chi connectivity index (χ0v) is 9.27. The summed E-state index contributed by atoms with van der Waals surface area (Å²) in [7, 11) is 1.77. The fourth-order valence-corrected chi connectivity index (χ4v) is 1.47. The van der Waals surface area contributed by atoms with Crippen LogP contribution in [0.25, 0.3) is 0 Å². The van der Waals surface area contributed by atoms with Crippen molar-refractivity contribution in [3.05, 3.63) is 11.9 Å². The first-order valence-corrected chi connectivity index (χ1v) is 4.74. The van der Waals surface area contributed by atoms with Crippen LogP contribution in [-0.2, 0) is 0 Å². The molecule has 0 aromatic heterocycles. The second-order valence-electron chi connectivity index (χ2n) is 3.33. The number of unbranched alkanes of at least 4 members (excludes halogenated alkanes) is 1. The van der Waals surface area contributed by atoms with Crippen molar-refractivity contribution < 1.29 is 0 Å². The van der Waals surface area contributed by atoms with E-state index < -0.39 is 0 Å². The maximum atomic E-state index is 8.94. The van der Waals surface area contributed by atoms with E-state index in [-0.39, 0.29) is 12.3 Å². The summed E-state index contributed by atoms with van der Waals surface area (Å²) in [6, 6.07) is 4.26. The van der Waals surface area contributed by atoms with Crippen LogP contribution in [0, 0.1) is 22.7 Å². The Bertz CT molecular complexity index is 309. The molecule has 5 heteroatoms. The zero-order chi connectivity index (χ0) is 10.6. The van der Waals surface area contributed by atoms with Gasteiger partial charge in [0.15, 0.2) is 6.17 Å². The quantitative estimate of drug-likeness (QED) is 0.755. The van der Waals surface area contributed by atoms with Gasteiger partial charge in [-0.3, -0.25) is 0 Å². The van der Waals surface area contributed by atoms with Gasteiger partial charge in [-0.15, -0.1) is 0 Å². The highest BCUT2D eigenvalue weighted by atomic mass is 15.4. The molecule has 1 unspecified atom stereocenters. The number of allylic oxidation sites excluding steroid dienone is 1. The first-order valence-electron chi connectivity index (χ1n) is 4.74. The third kappa shape index (κ3) is 2.61. The molecule has 15 heavy (non-hydrogen) atoms. The van der Waals surface area contributed by atoms with Gasteiger partial charge in [0.05, 0.1) is 0 Å². The molecule has 0 aromatic carbocycles. The molecule has 3 N–H and O–H groups in total. The molecule has 1 aliphatic rings. The van der Waals surface area contributed by atoms with Crippen molar-refractivity contribution in [3.63, 3.8) is 0 Å². The lowest BCUT2D eigenvalue weighted by atomic mass is 10.3. The number of nitriles is 2. The van der Waals surface area contributed by atoms with Gasteiger partial charge in [0.2, 0.25) is 0 Å².